The zero-order valence-corrected chi connectivity index (χ0v) is 11.9. The minimum atomic E-state index is 0.0482. The number of nitrogens with zero attached hydrogens (tertiary/aromatic N) is 1. The second-order valence-corrected chi connectivity index (χ2v) is 4.42. The second kappa shape index (κ2) is 6.14. The minimum absolute atomic E-state index is 0.0482. The lowest BCUT2D eigenvalue weighted by molar-refractivity contribution is 0.354. The first-order valence-corrected chi connectivity index (χ1v) is 6.34. The molecule has 20 heavy (non-hydrogen) atoms. The van der Waals surface area contributed by atoms with Crippen LogP contribution in [0.4, 0.5) is 11.5 Å². The van der Waals surface area contributed by atoms with E-state index in [1.165, 1.54) is 0 Å². The van der Waals surface area contributed by atoms with E-state index >= 15 is 0 Å². The van der Waals surface area contributed by atoms with E-state index in [9.17, 15) is 0 Å². The number of anilines is 2. The Morgan fingerprint density at radius 2 is 1.90 bits per heavy atom. The number of rotatable bonds is 5. The molecule has 1 atom stereocenters. The van der Waals surface area contributed by atoms with Crippen LogP contribution in [0.25, 0.3) is 0 Å². The fourth-order valence-electron chi connectivity index (χ4n) is 1.95. The van der Waals surface area contributed by atoms with Gasteiger partial charge in [0.05, 0.1) is 25.9 Å². The Hall–Kier alpha value is -2.43. The largest absolute Gasteiger partial charge is 0.493 e. The summed E-state index contributed by atoms with van der Waals surface area (Å²) in [5, 5.41) is 3.28. The Balaban J connectivity index is 2.21. The molecule has 0 amide bonds. The van der Waals surface area contributed by atoms with Crippen molar-refractivity contribution in [1.82, 2.24) is 4.98 Å². The average Bonchev–Trinajstić information content (AvgIpc) is 2.48. The summed E-state index contributed by atoms with van der Waals surface area (Å²) >= 11 is 0. The fraction of sp³-hybridized carbons (Fsp3) is 0.267. The van der Waals surface area contributed by atoms with Crippen molar-refractivity contribution < 1.29 is 9.47 Å². The Labute approximate surface area is 118 Å². The first-order chi connectivity index (χ1) is 9.65. The maximum atomic E-state index is 5.88. The first kappa shape index (κ1) is 14.0. The molecule has 0 saturated heterocycles. The molecule has 1 aromatic heterocycles. The van der Waals surface area contributed by atoms with Crippen LogP contribution in [0.1, 0.15) is 18.5 Å². The second-order valence-electron chi connectivity index (χ2n) is 4.42. The molecule has 0 radical (unpaired) electrons. The van der Waals surface area contributed by atoms with E-state index in [2.05, 4.69) is 10.3 Å². The molecule has 106 valence electrons. The summed E-state index contributed by atoms with van der Waals surface area (Å²) < 4.78 is 10.5. The third kappa shape index (κ3) is 2.93. The number of nitrogen functional groups attached to an aromatic ring is 1. The standard InChI is InChI=1S/C15H19N3O2/c1-10(18-15-12(16)5-4-8-17-15)11-6-7-13(19-2)14(9-11)20-3/h4-10H,16H2,1-3H3,(H,17,18). The highest BCUT2D eigenvalue weighted by Crippen LogP contribution is 2.31. The summed E-state index contributed by atoms with van der Waals surface area (Å²) in [6.45, 7) is 2.04. The van der Waals surface area contributed by atoms with Gasteiger partial charge in [-0.15, -0.1) is 0 Å². The van der Waals surface area contributed by atoms with Crippen LogP contribution in [0.2, 0.25) is 0 Å². The SMILES string of the molecule is COc1ccc(C(C)Nc2ncccc2N)cc1OC. The van der Waals surface area contributed by atoms with E-state index in [0.717, 1.165) is 5.56 Å². The zero-order valence-electron chi connectivity index (χ0n) is 11.9. The third-order valence-electron chi connectivity index (χ3n) is 3.10. The van der Waals surface area contributed by atoms with E-state index in [1.807, 2.05) is 37.3 Å². The third-order valence-corrected chi connectivity index (χ3v) is 3.10. The molecule has 5 nitrogen and oxygen atoms in total. The minimum Gasteiger partial charge on any atom is -0.493 e. The van der Waals surface area contributed by atoms with Gasteiger partial charge in [0, 0.05) is 6.20 Å². The lowest BCUT2D eigenvalue weighted by Crippen LogP contribution is -2.10. The molecule has 0 spiro atoms. The lowest BCUT2D eigenvalue weighted by atomic mass is 10.1. The topological polar surface area (TPSA) is 69.4 Å². The molecular formula is C15H19N3O2. The highest BCUT2D eigenvalue weighted by atomic mass is 16.5. The van der Waals surface area contributed by atoms with Crippen LogP contribution < -0.4 is 20.5 Å². The molecule has 5 heteroatoms. The number of nitrogens with two attached hydrogens (primary N) is 1. The monoisotopic (exact) mass is 273 g/mol. The maximum absolute atomic E-state index is 5.88. The van der Waals surface area contributed by atoms with Gasteiger partial charge in [-0.1, -0.05) is 6.07 Å². The number of benzene rings is 1. The van der Waals surface area contributed by atoms with E-state index < -0.39 is 0 Å². The van der Waals surface area contributed by atoms with E-state index in [0.29, 0.717) is 23.0 Å². The molecule has 0 bridgehead atoms. The summed E-state index contributed by atoms with van der Waals surface area (Å²) in [6, 6.07) is 9.48. The van der Waals surface area contributed by atoms with Crippen LogP contribution in [0, 0.1) is 0 Å². The van der Waals surface area contributed by atoms with Gasteiger partial charge in [-0.05, 0) is 36.8 Å². The van der Waals surface area contributed by atoms with Crippen LogP contribution in [-0.4, -0.2) is 19.2 Å². The molecule has 2 rings (SSSR count). The Morgan fingerprint density at radius 3 is 2.55 bits per heavy atom. The van der Waals surface area contributed by atoms with Crippen molar-refractivity contribution in [2.75, 3.05) is 25.3 Å². The smallest absolute Gasteiger partial charge is 0.161 e. The van der Waals surface area contributed by atoms with Crippen LogP contribution in [0.3, 0.4) is 0 Å². The molecule has 3 N–H and O–H groups in total. The van der Waals surface area contributed by atoms with Crippen molar-refractivity contribution in [2.45, 2.75) is 13.0 Å². The fourth-order valence-corrected chi connectivity index (χ4v) is 1.95. The van der Waals surface area contributed by atoms with Gasteiger partial charge in [0.2, 0.25) is 0 Å². The van der Waals surface area contributed by atoms with Crippen molar-refractivity contribution in [1.29, 1.82) is 0 Å². The van der Waals surface area contributed by atoms with Gasteiger partial charge in [-0.3, -0.25) is 0 Å². The van der Waals surface area contributed by atoms with Crippen LogP contribution in [0.5, 0.6) is 11.5 Å². The lowest BCUT2D eigenvalue weighted by Gasteiger charge is -2.17. The first-order valence-electron chi connectivity index (χ1n) is 6.34. The van der Waals surface area contributed by atoms with Crippen molar-refractivity contribution in [2.24, 2.45) is 0 Å². The molecular weight excluding hydrogens is 254 g/mol. The maximum Gasteiger partial charge on any atom is 0.161 e. The highest BCUT2D eigenvalue weighted by Gasteiger charge is 2.11. The predicted molar refractivity (Wildman–Crippen MR) is 80.2 cm³/mol. The van der Waals surface area contributed by atoms with Gasteiger partial charge in [-0.2, -0.15) is 0 Å². The number of aromatic nitrogens is 1. The summed E-state index contributed by atoms with van der Waals surface area (Å²) in [5.74, 6) is 2.09. The summed E-state index contributed by atoms with van der Waals surface area (Å²) in [7, 11) is 3.24. The Bertz CT molecular complexity index is 587. The van der Waals surface area contributed by atoms with E-state index in [-0.39, 0.29) is 6.04 Å². The highest BCUT2D eigenvalue weighted by molar-refractivity contribution is 5.61. The normalized spacial score (nSPS) is 11.8. The van der Waals surface area contributed by atoms with Crippen LogP contribution in [-0.2, 0) is 0 Å². The van der Waals surface area contributed by atoms with E-state index in [4.69, 9.17) is 15.2 Å². The van der Waals surface area contributed by atoms with Crippen molar-refractivity contribution >= 4 is 11.5 Å². The zero-order chi connectivity index (χ0) is 14.5. The average molecular weight is 273 g/mol. The molecule has 0 saturated carbocycles. The number of ether oxygens (including phenoxy) is 2. The summed E-state index contributed by atoms with van der Waals surface area (Å²) in [5.41, 5.74) is 7.57. The van der Waals surface area contributed by atoms with Gasteiger partial charge in [0.25, 0.3) is 0 Å². The molecule has 1 aromatic carbocycles. The predicted octanol–water partition coefficient (Wildman–Crippen LogP) is 2.85. The number of pyridine rings is 1. The molecule has 1 unspecified atom stereocenters. The molecule has 0 fully saturated rings. The van der Waals surface area contributed by atoms with Gasteiger partial charge < -0.3 is 20.5 Å². The Kier molecular flexibility index (Phi) is 4.30. The number of methoxy groups -OCH3 is 2. The number of nitrogens with one attached hydrogen (secondary N) is 1. The summed E-state index contributed by atoms with van der Waals surface area (Å²) in [4.78, 5) is 4.23. The molecule has 1 heterocycles. The van der Waals surface area contributed by atoms with Gasteiger partial charge >= 0.3 is 0 Å². The number of hydrogen-bond donors (Lipinski definition) is 2. The van der Waals surface area contributed by atoms with Crippen molar-refractivity contribution in [3.05, 3.63) is 42.1 Å². The van der Waals surface area contributed by atoms with Gasteiger partial charge in [0.15, 0.2) is 11.5 Å². The molecule has 2 aromatic rings. The quantitative estimate of drug-likeness (QED) is 0.876. The summed E-state index contributed by atoms with van der Waals surface area (Å²) in [6.07, 6.45) is 1.71. The van der Waals surface area contributed by atoms with Crippen molar-refractivity contribution in [3.8, 4) is 11.5 Å². The van der Waals surface area contributed by atoms with Crippen LogP contribution in [0.15, 0.2) is 36.5 Å². The van der Waals surface area contributed by atoms with E-state index in [1.54, 1.807) is 20.4 Å². The van der Waals surface area contributed by atoms with Gasteiger partial charge in [-0.25, -0.2) is 4.98 Å². The molecule has 0 aliphatic carbocycles. The number of hydrogen-bond acceptors (Lipinski definition) is 5. The molecule has 0 aliphatic heterocycles. The van der Waals surface area contributed by atoms with Crippen molar-refractivity contribution in [3.63, 3.8) is 0 Å². The Morgan fingerprint density at radius 1 is 1.15 bits per heavy atom. The van der Waals surface area contributed by atoms with Gasteiger partial charge in [0.1, 0.15) is 5.82 Å². The van der Waals surface area contributed by atoms with Crippen LogP contribution >= 0.6 is 0 Å². The molecule has 0 aliphatic rings.